The SMILES string of the molecule is CCCN(CC1CCN(C(=O)NC(C)(C)C)CC1)C(C)Cc1cccc(NC(=O)c2ccc(C(C)(C)C)cc2)c1. The van der Waals surface area contributed by atoms with E-state index in [4.69, 9.17) is 0 Å². The van der Waals surface area contributed by atoms with Crippen LogP contribution in [0.2, 0.25) is 0 Å². The van der Waals surface area contributed by atoms with E-state index in [-0.39, 0.29) is 22.9 Å². The molecule has 6 heteroatoms. The van der Waals surface area contributed by atoms with E-state index in [0.29, 0.717) is 17.5 Å². The summed E-state index contributed by atoms with van der Waals surface area (Å²) in [7, 11) is 0. The zero-order valence-corrected chi connectivity index (χ0v) is 26.1. The first-order valence-electron chi connectivity index (χ1n) is 15.1. The smallest absolute Gasteiger partial charge is 0.317 e. The van der Waals surface area contributed by atoms with Gasteiger partial charge in [-0.3, -0.25) is 4.79 Å². The van der Waals surface area contributed by atoms with Crippen molar-refractivity contribution in [2.75, 3.05) is 31.5 Å². The number of anilines is 1. The molecule has 1 saturated heterocycles. The van der Waals surface area contributed by atoms with Gasteiger partial charge in [0.25, 0.3) is 5.91 Å². The number of carbonyl (C=O) groups excluding carboxylic acids is 2. The Morgan fingerprint density at radius 2 is 1.65 bits per heavy atom. The minimum absolute atomic E-state index is 0.0543. The van der Waals surface area contributed by atoms with Gasteiger partial charge in [0, 0.05) is 42.5 Å². The molecular weight excluding hydrogens is 496 g/mol. The molecule has 0 saturated carbocycles. The minimum atomic E-state index is -0.209. The van der Waals surface area contributed by atoms with Gasteiger partial charge in [-0.15, -0.1) is 0 Å². The lowest BCUT2D eigenvalue weighted by Crippen LogP contribution is -2.51. The molecule has 1 aliphatic heterocycles. The predicted octanol–water partition coefficient (Wildman–Crippen LogP) is 7.10. The molecule has 1 unspecified atom stereocenters. The number of urea groups is 1. The third kappa shape index (κ3) is 9.65. The molecular formula is C34H52N4O2. The second-order valence-corrected chi connectivity index (χ2v) is 13.6. The van der Waals surface area contributed by atoms with Crippen LogP contribution in [0, 0.1) is 5.92 Å². The summed E-state index contributed by atoms with van der Waals surface area (Å²) < 4.78 is 0. The molecule has 1 aliphatic rings. The first-order valence-corrected chi connectivity index (χ1v) is 15.1. The summed E-state index contributed by atoms with van der Waals surface area (Å²) in [5.74, 6) is 0.517. The molecule has 1 atom stereocenters. The Labute approximate surface area is 242 Å². The molecule has 3 amide bonds. The fourth-order valence-corrected chi connectivity index (χ4v) is 5.40. The van der Waals surface area contributed by atoms with Crippen LogP contribution in [-0.2, 0) is 11.8 Å². The Bertz CT molecular complexity index is 1110. The number of nitrogens with zero attached hydrogens (tertiary/aromatic N) is 2. The van der Waals surface area contributed by atoms with Gasteiger partial charge in [0.15, 0.2) is 0 Å². The number of hydrogen-bond donors (Lipinski definition) is 2. The number of nitrogens with one attached hydrogen (secondary N) is 2. The summed E-state index contributed by atoms with van der Waals surface area (Å²) in [5, 5.41) is 6.18. The monoisotopic (exact) mass is 548 g/mol. The van der Waals surface area contributed by atoms with Crippen LogP contribution in [0.3, 0.4) is 0 Å². The van der Waals surface area contributed by atoms with Crippen molar-refractivity contribution in [1.29, 1.82) is 0 Å². The van der Waals surface area contributed by atoms with Crippen LogP contribution in [0.5, 0.6) is 0 Å². The Hall–Kier alpha value is -2.86. The van der Waals surface area contributed by atoms with Gasteiger partial charge >= 0.3 is 6.03 Å². The van der Waals surface area contributed by atoms with Crippen molar-refractivity contribution in [2.45, 2.75) is 98.1 Å². The van der Waals surface area contributed by atoms with Gasteiger partial charge in [0.2, 0.25) is 0 Å². The first kappa shape index (κ1) is 31.7. The summed E-state index contributed by atoms with van der Waals surface area (Å²) in [6, 6.07) is 16.6. The third-order valence-corrected chi connectivity index (χ3v) is 7.74. The molecule has 2 aromatic rings. The van der Waals surface area contributed by atoms with Crippen molar-refractivity contribution < 1.29 is 9.59 Å². The van der Waals surface area contributed by atoms with Crippen molar-refractivity contribution in [3.05, 3.63) is 65.2 Å². The predicted molar refractivity (Wildman–Crippen MR) is 167 cm³/mol. The second kappa shape index (κ2) is 13.7. The molecule has 40 heavy (non-hydrogen) atoms. The number of likely N-dealkylation sites (tertiary alicyclic amines) is 1. The lowest BCUT2D eigenvalue weighted by Gasteiger charge is -2.38. The van der Waals surface area contributed by atoms with E-state index in [1.54, 1.807) is 0 Å². The highest BCUT2D eigenvalue weighted by atomic mass is 16.2. The summed E-state index contributed by atoms with van der Waals surface area (Å²) in [4.78, 5) is 30.0. The Morgan fingerprint density at radius 1 is 1.00 bits per heavy atom. The number of benzene rings is 2. The second-order valence-electron chi connectivity index (χ2n) is 13.6. The van der Waals surface area contributed by atoms with Crippen molar-refractivity contribution in [3.63, 3.8) is 0 Å². The molecule has 0 radical (unpaired) electrons. The van der Waals surface area contributed by atoms with Gasteiger partial charge in [0.05, 0.1) is 0 Å². The van der Waals surface area contributed by atoms with Crippen LogP contribution in [0.25, 0.3) is 0 Å². The van der Waals surface area contributed by atoms with Crippen LogP contribution in [0.1, 0.15) is 96.1 Å². The summed E-state index contributed by atoms with van der Waals surface area (Å²) in [6.07, 6.45) is 4.13. The lowest BCUT2D eigenvalue weighted by atomic mass is 9.87. The molecule has 220 valence electrons. The Balaban J connectivity index is 1.55. The normalized spacial score (nSPS) is 15.7. The maximum Gasteiger partial charge on any atom is 0.317 e. The largest absolute Gasteiger partial charge is 0.333 e. The van der Waals surface area contributed by atoms with Crippen LogP contribution < -0.4 is 10.6 Å². The maximum atomic E-state index is 12.9. The van der Waals surface area contributed by atoms with E-state index >= 15 is 0 Å². The van der Waals surface area contributed by atoms with Crippen LogP contribution in [0.15, 0.2) is 48.5 Å². The van der Waals surface area contributed by atoms with Gasteiger partial charge < -0.3 is 20.4 Å². The van der Waals surface area contributed by atoms with Crippen molar-refractivity contribution >= 4 is 17.6 Å². The highest BCUT2D eigenvalue weighted by molar-refractivity contribution is 6.04. The van der Waals surface area contributed by atoms with E-state index in [1.165, 1.54) is 11.1 Å². The van der Waals surface area contributed by atoms with E-state index < -0.39 is 0 Å². The van der Waals surface area contributed by atoms with Crippen molar-refractivity contribution in [1.82, 2.24) is 15.1 Å². The molecule has 6 nitrogen and oxygen atoms in total. The fourth-order valence-electron chi connectivity index (χ4n) is 5.40. The van der Waals surface area contributed by atoms with Crippen LogP contribution in [-0.4, -0.2) is 59.5 Å². The molecule has 3 rings (SSSR count). The number of hydrogen-bond acceptors (Lipinski definition) is 3. The molecule has 2 aromatic carbocycles. The Morgan fingerprint density at radius 3 is 2.23 bits per heavy atom. The summed E-state index contributed by atoms with van der Waals surface area (Å²) in [6.45, 7) is 20.9. The third-order valence-electron chi connectivity index (χ3n) is 7.74. The highest BCUT2D eigenvalue weighted by Crippen LogP contribution is 2.24. The quantitative estimate of drug-likeness (QED) is 0.351. The van der Waals surface area contributed by atoms with Crippen molar-refractivity contribution in [3.8, 4) is 0 Å². The molecule has 0 bridgehead atoms. The number of carbonyl (C=O) groups is 2. The van der Waals surface area contributed by atoms with Gasteiger partial charge in [-0.2, -0.15) is 0 Å². The lowest BCUT2D eigenvalue weighted by molar-refractivity contribution is 0.102. The molecule has 2 N–H and O–H groups in total. The summed E-state index contributed by atoms with van der Waals surface area (Å²) in [5.41, 5.74) is 3.79. The van der Waals surface area contributed by atoms with Gasteiger partial charge in [-0.25, -0.2) is 4.79 Å². The molecule has 0 spiro atoms. The van der Waals surface area contributed by atoms with E-state index in [0.717, 1.165) is 57.5 Å². The van der Waals surface area contributed by atoms with Crippen molar-refractivity contribution in [2.24, 2.45) is 5.92 Å². The van der Waals surface area contributed by atoms with Crippen LogP contribution >= 0.6 is 0 Å². The molecule has 1 heterocycles. The fraction of sp³-hybridized carbons (Fsp3) is 0.588. The Kier molecular flexibility index (Phi) is 10.8. The zero-order chi connectivity index (χ0) is 29.5. The topological polar surface area (TPSA) is 64.7 Å². The standard InChI is InChI=1S/C34H52N4O2/c1-9-19-38(24-26-17-20-37(21-18-26)32(40)36-34(6,7)8)25(2)22-27-11-10-12-30(23-27)35-31(39)28-13-15-29(16-14-28)33(3,4)5/h10-16,23,25-26H,9,17-22,24H2,1-8H3,(H,35,39)(H,36,40). The van der Waals surface area contributed by atoms with E-state index in [1.807, 2.05) is 62.1 Å². The number of rotatable bonds is 9. The summed E-state index contributed by atoms with van der Waals surface area (Å²) >= 11 is 0. The number of amides is 3. The van der Waals surface area contributed by atoms with Gasteiger partial charge in [-0.1, -0.05) is 52.0 Å². The maximum absolute atomic E-state index is 12.9. The highest BCUT2D eigenvalue weighted by Gasteiger charge is 2.27. The average Bonchev–Trinajstić information content (AvgIpc) is 2.87. The minimum Gasteiger partial charge on any atom is -0.333 e. The first-order chi connectivity index (χ1) is 18.7. The zero-order valence-electron chi connectivity index (χ0n) is 26.1. The van der Waals surface area contributed by atoms with E-state index in [2.05, 4.69) is 62.3 Å². The molecule has 0 aliphatic carbocycles. The molecule has 0 aromatic heterocycles. The van der Waals surface area contributed by atoms with E-state index in [9.17, 15) is 9.59 Å². The van der Waals surface area contributed by atoms with Gasteiger partial charge in [0.1, 0.15) is 0 Å². The number of piperidine rings is 1. The van der Waals surface area contributed by atoms with Crippen LogP contribution in [0.4, 0.5) is 10.5 Å². The average molecular weight is 549 g/mol. The molecule has 1 fully saturated rings. The van der Waals surface area contributed by atoms with Gasteiger partial charge in [-0.05, 0) is 107 Å².